The Morgan fingerprint density at radius 2 is 2.00 bits per heavy atom. The Morgan fingerprint density at radius 3 is 2.73 bits per heavy atom. The van der Waals surface area contributed by atoms with Gasteiger partial charge in [-0.1, -0.05) is 17.3 Å². The van der Waals surface area contributed by atoms with Gasteiger partial charge in [-0.15, -0.1) is 5.10 Å². The summed E-state index contributed by atoms with van der Waals surface area (Å²) in [5, 5.41) is 15.1. The van der Waals surface area contributed by atoms with Gasteiger partial charge in [0.1, 0.15) is 18.2 Å². The highest BCUT2D eigenvalue weighted by Gasteiger charge is 2.10. The minimum atomic E-state index is -0.179. The fourth-order valence-electron chi connectivity index (χ4n) is 2.75. The molecule has 2 aromatic carbocycles. The van der Waals surface area contributed by atoms with Gasteiger partial charge in [-0.3, -0.25) is 4.79 Å². The standard InChI is InChI=1S/C18H17N7O/c1-2-25-17-8-5-14(9-16(17)22-23-25)18(26)21-15-6-3-13(4-7-15)10-24-12-19-11-20-24/h3-9,11-12H,2,10H2,1H3,(H,21,26). The quantitative estimate of drug-likeness (QED) is 0.598. The zero-order chi connectivity index (χ0) is 17.9. The molecule has 2 heterocycles. The highest BCUT2D eigenvalue weighted by molar-refractivity contribution is 6.05. The Morgan fingerprint density at radius 1 is 1.15 bits per heavy atom. The number of aryl methyl sites for hydroxylation is 1. The van der Waals surface area contributed by atoms with Crippen LogP contribution in [0.4, 0.5) is 5.69 Å². The highest BCUT2D eigenvalue weighted by atomic mass is 16.1. The van der Waals surface area contributed by atoms with Gasteiger partial charge < -0.3 is 5.32 Å². The number of nitrogens with one attached hydrogen (secondary N) is 1. The minimum absolute atomic E-state index is 0.179. The van der Waals surface area contributed by atoms with Crippen molar-refractivity contribution in [3.05, 3.63) is 66.2 Å². The topological polar surface area (TPSA) is 90.5 Å². The van der Waals surface area contributed by atoms with E-state index in [2.05, 4.69) is 25.7 Å². The van der Waals surface area contributed by atoms with Gasteiger partial charge in [0.2, 0.25) is 0 Å². The van der Waals surface area contributed by atoms with Crippen LogP contribution in [-0.2, 0) is 13.1 Å². The van der Waals surface area contributed by atoms with Crippen molar-refractivity contribution >= 4 is 22.6 Å². The normalized spacial score (nSPS) is 11.0. The average molecular weight is 347 g/mol. The third-order valence-corrected chi connectivity index (χ3v) is 4.10. The van der Waals surface area contributed by atoms with Crippen LogP contribution in [0.15, 0.2) is 55.1 Å². The van der Waals surface area contributed by atoms with Crippen molar-refractivity contribution in [2.75, 3.05) is 5.32 Å². The van der Waals surface area contributed by atoms with E-state index < -0.39 is 0 Å². The summed E-state index contributed by atoms with van der Waals surface area (Å²) in [4.78, 5) is 16.4. The summed E-state index contributed by atoms with van der Waals surface area (Å²) in [5.74, 6) is -0.179. The maximum atomic E-state index is 12.5. The van der Waals surface area contributed by atoms with Gasteiger partial charge in [-0.25, -0.2) is 14.3 Å². The van der Waals surface area contributed by atoms with Crippen molar-refractivity contribution in [1.29, 1.82) is 0 Å². The lowest BCUT2D eigenvalue weighted by Crippen LogP contribution is -2.12. The summed E-state index contributed by atoms with van der Waals surface area (Å²) in [6.45, 7) is 3.38. The van der Waals surface area contributed by atoms with Gasteiger partial charge in [0.05, 0.1) is 12.1 Å². The van der Waals surface area contributed by atoms with E-state index in [1.54, 1.807) is 27.8 Å². The van der Waals surface area contributed by atoms with E-state index in [1.165, 1.54) is 6.33 Å². The average Bonchev–Trinajstić information content (AvgIpc) is 3.32. The molecule has 0 aliphatic carbocycles. The maximum absolute atomic E-state index is 12.5. The molecule has 0 aliphatic heterocycles. The molecular weight excluding hydrogens is 330 g/mol. The van der Waals surface area contributed by atoms with Crippen molar-refractivity contribution in [1.82, 2.24) is 29.8 Å². The summed E-state index contributed by atoms with van der Waals surface area (Å²) in [5.41, 5.74) is 3.98. The number of aromatic nitrogens is 6. The van der Waals surface area contributed by atoms with Crippen molar-refractivity contribution in [2.45, 2.75) is 20.0 Å². The largest absolute Gasteiger partial charge is 0.322 e. The Balaban J connectivity index is 1.47. The van der Waals surface area contributed by atoms with E-state index in [0.29, 0.717) is 17.6 Å². The molecule has 130 valence electrons. The molecule has 4 aromatic rings. The smallest absolute Gasteiger partial charge is 0.255 e. The van der Waals surface area contributed by atoms with Crippen LogP contribution in [0.3, 0.4) is 0 Å². The molecule has 2 aromatic heterocycles. The Hall–Kier alpha value is -3.55. The number of nitrogens with zero attached hydrogens (tertiary/aromatic N) is 6. The van der Waals surface area contributed by atoms with E-state index in [0.717, 1.165) is 23.3 Å². The molecule has 0 radical (unpaired) electrons. The lowest BCUT2D eigenvalue weighted by Gasteiger charge is -2.07. The number of benzene rings is 2. The SMILES string of the molecule is CCn1nnc2cc(C(=O)Nc3ccc(Cn4cncn4)cc3)ccc21. The maximum Gasteiger partial charge on any atom is 0.255 e. The summed E-state index contributed by atoms with van der Waals surface area (Å²) < 4.78 is 3.54. The molecule has 0 saturated carbocycles. The van der Waals surface area contributed by atoms with Crippen LogP contribution < -0.4 is 5.32 Å². The van der Waals surface area contributed by atoms with E-state index in [9.17, 15) is 4.79 Å². The minimum Gasteiger partial charge on any atom is -0.322 e. The first kappa shape index (κ1) is 15.9. The van der Waals surface area contributed by atoms with Crippen LogP contribution in [-0.4, -0.2) is 35.7 Å². The van der Waals surface area contributed by atoms with Gasteiger partial charge in [0.15, 0.2) is 0 Å². The van der Waals surface area contributed by atoms with E-state index in [1.807, 2.05) is 37.3 Å². The molecule has 0 bridgehead atoms. The van der Waals surface area contributed by atoms with Gasteiger partial charge >= 0.3 is 0 Å². The number of anilines is 1. The Kier molecular flexibility index (Phi) is 4.14. The molecule has 8 heteroatoms. The van der Waals surface area contributed by atoms with Gasteiger partial charge in [0, 0.05) is 17.8 Å². The molecule has 1 amide bonds. The monoisotopic (exact) mass is 347 g/mol. The molecular formula is C18H17N7O. The molecule has 8 nitrogen and oxygen atoms in total. The molecule has 1 N–H and O–H groups in total. The number of hydrogen-bond donors (Lipinski definition) is 1. The molecule has 0 atom stereocenters. The van der Waals surface area contributed by atoms with E-state index in [4.69, 9.17) is 0 Å². The number of amides is 1. The van der Waals surface area contributed by atoms with Crippen LogP contribution in [0.1, 0.15) is 22.8 Å². The first-order valence-electron chi connectivity index (χ1n) is 8.29. The second kappa shape index (κ2) is 6.75. The van der Waals surface area contributed by atoms with Gasteiger partial charge in [-0.2, -0.15) is 5.10 Å². The number of carbonyl (C=O) groups excluding carboxylic acids is 1. The number of carbonyl (C=O) groups is 1. The molecule has 0 fully saturated rings. The second-order valence-electron chi connectivity index (χ2n) is 5.85. The highest BCUT2D eigenvalue weighted by Crippen LogP contribution is 2.16. The summed E-state index contributed by atoms with van der Waals surface area (Å²) in [6, 6.07) is 13.1. The van der Waals surface area contributed by atoms with Crippen molar-refractivity contribution in [2.24, 2.45) is 0 Å². The third-order valence-electron chi connectivity index (χ3n) is 4.10. The fourth-order valence-corrected chi connectivity index (χ4v) is 2.75. The zero-order valence-electron chi connectivity index (χ0n) is 14.2. The fraction of sp³-hybridized carbons (Fsp3) is 0.167. The molecule has 26 heavy (non-hydrogen) atoms. The second-order valence-corrected chi connectivity index (χ2v) is 5.85. The van der Waals surface area contributed by atoms with Crippen molar-refractivity contribution in [3.8, 4) is 0 Å². The number of hydrogen-bond acceptors (Lipinski definition) is 5. The van der Waals surface area contributed by atoms with E-state index in [-0.39, 0.29) is 5.91 Å². The molecule has 4 rings (SSSR count). The number of fused-ring (bicyclic) bond motifs is 1. The van der Waals surface area contributed by atoms with Gasteiger partial charge in [0.25, 0.3) is 5.91 Å². The Bertz CT molecular complexity index is 1040. The lowest BCUT2D eigenvalue weighted by molar-refractivity contribution is 0.102. The summed E-state index contributed by atoms with van der Waals surface area (Å²) in [6.07, 6.45) is 3.17. The molecule has 0 aliphatic rings. The lowest BCUT2D eigenvalue weighted by atomic mass is 10.1. The summed E-state index contributed by atoms with van der Waals surface area (Å²) >= 11 is 0. The molecule has 0 unspecified atom stereocenters. The van der Waals surface area contributed by atoms with Crippen molar-refractivity contribution in [3.63, 3.8) is 0 Å². The number of rotatable bonds is 5. The molecule has 0 saturated heterocycles. The third kappa shape index (κ3) is 3.16. The van der Waals surface area contributed by atoms with Crippen LogP contribution in [0.5, 0.6) is 0 Å². The predicted molar refractivity (Wildman–Crippen MR) is 96.7 cm³/mol. The van der Waals surface area contributed by atoms with Crippen LogP contribution >= 0.6 is 0 Å². The van der Waals surface area contributed by atoms with Crippen LogP contribution in [0, 0.1) is 0 Å². The molecule has 0 spiro atoms. The zero-order valence-corrected chi connectivity index (χ0v) is 14.2. The Labute approximate surface area is 149 Å². The first-order valence-corrected chi connectivity index (χ1v) is 8.29. The van der Waals surface area contributed by atoms with Crippen LogP contribution in [0.2, 0.25) is 0 Å². The van der Waals surface area contributed by atoms with Gasteiger partial charge in [-0.05, 0) is 42.8 Å². The van der Waals surface area contributed by atoms with Crippen LogP contribution in [0.25, 0.3) is 11.0 Å². The van der Waals surface area contributed by atoms with Crippen molar-refractivity contribution < 1.29 is 4.79 Å². The first-order chi connectivity index (χ1) is 12.7. The van der Waals surface area contributed by atoms with E-state index >= 15 is 0 Å². The predicted octanol–water partition coefficient (Wildman–Crippen LogP) is 2.34. The summed E-state index contributed by atoms with van der Waals surface area (Å²) in [7, 11) is 0.